The van der Waals surface area contributed by atoms with Gasteiger partial charge < -0.3 is 5.32 Å². The molecule has 0 bridgehead atoms. The van der Waals surface area contributed by atoms with Crippen molar-refractivity contribution in [2.45, 2.75) is 64.0 Å². The summed E-state index contributed by atoms with van der Waals surface area (Å²) in [6.45, 7) is -0.168. The molecule has 0 aliphatic heterocycles. The van der Waals surface area contributed by atoms with Crippen molar-refractivity contribution in [1.82, 2.24) is 14.1 Å². The van der Waals surface area contributed by atoms with Crippen LogP contribution in [0.4, 0.5) is 9.52 Å². The summed E-state index contributed by atoms with van der Waals surface area (Å²) in [7, 11) is 0. The molecule has 31 heavy (non-hydrogen) atoms. The molecule has 1 aromatic carbocycles. The van der Waals surface area contributed by atoms with Gasteiger partial charge in [0.25, 0.3) is 5.56 Å². The Morgan fingerprint density at radius 3 is 2.77 bits per heavy atom. The molecule has 5 rings (SSSR count). The van der Waals surface area contributed by atoms with Gasteiger partial charge >= 0.3 is 5.69 Å². The molecule has 0 atom stereocenters. The predicted octanol–water partition coefficient (Wildman–Crippen LogP) is 3.39. The van der Waals surface area contributed by atoms with E-state index in [1.807, 2.05) is 0 Å². The highest BCUT2D eigenvalue weighted by molar-refractivity contribution is 7.22. The number of benzene rings is 1. The summed E-state index contributed by atoms with van der Waals surface area (Å²) in [6.07, 6.45) is 6.86. The molecule has 2 aromatic heterocycles. The van der Waals surface area contributed by atoms with Crippen LogP contribution in [0.5, 0.6) is 0 Å². The Labute approximate surface area is 181 Å². The van der Waals surface area contributed by atoms with E-state index in [2.05, 4.69) is 10.3 Å². The van der Waals surface area contributed by atoms with Crippen molar-refractivity contribution in [2.75, 3.05) is 5.32 Å². The maximum atomic E-state index is 13.4. The molecule has 1 saturated carbocycles. The minimum absolute atomic E-state index is 0.0897. The number of aromatic nitrogens is 3. The smallest absolute Gasteiger partial charge is 0.300 e. The van der Waals surface area contributed by atoms with E-state index in [9.17, 15) is 18.8 Å². The number of carbonyl (C=O) groups excluding carboxylic acids is 1. The zero-order valence-electron chi connectivity index (χ0n) is 17.0. The van der Waals surface area contributed by atoms with E-state index in [0.29, 0.717) is 39.4 Å². The number of amides is 1. The fraction of sp³-hybridized carbons (Fsp3) is 0.455. The molecule has 1 N–H and O–H groups in total. The third-order valence-corrected chi connectivity index (χ3v) is 7.20. The molecule has 3 aromatic rings. The summed E-state index contributed by atoms with van der Waals surface area (Å²) in [5, 5.41) is 3.09. The van der Waals surface area contributed by atoms with E-state index in [-0.39, 0.29) is 35.6 Å². The molecule has 9 heteroatoms. The Hall–Kier alpha value is -2.81. The zero-order valence-corrected chi connectivity index (χ0v) is 17.8. The van der Waals surface area contributed by atoms with Crippen molar-refractivity contribution in [3.05, 3.63) is 56.1 Å². The van der Waals surface area contributed by atoms with Gasteiger partial charge in [-0.25, -0.2) is 14.2 Å². The largest absolute Gasteiger partial charge is 0.331 e. The SMILES string of the molecule is O=C(Cn1c2c(c(=O)n(C3CCCCC3)c1=O)CCC2)Nc1nc2ccc(F)cc2s1. The standard InChI is InChI=1S/C22H23FN4O3S/c23-13-9-10-16-18(11-13)31-21(24-16)25-19(28)12-26-17-8-4-7-15(17)20(29)27(22(26)30)14-5-2-1-3-6-14/h9-11,14H,1-8,12H2,(H,24,25,28). The summed E-state index contributed by atoms with van der Waals surface area (Å²) in [5.74, 6) is -0.745. The molecule has 1 fully saturated rings. The number of hydrogen-bond acceptors (Lipinski definition) is 5. The quantitative estimate of drug-likeness (QED) is 0.671. The normalized spacial score (nSPS) is 16.5. The second-order valence-corrected chi connectivity index (χ2v) is 9.32. The van der Waals surface area contributed by atoms with E-state index in [4.69, 9.17) is 0 Å². The maximum Gasteiger partial charge on any atom is 0.331 e. The molecule has 0 unspecified atom stereocenters. The van der Waals surface area contributed by atoms with Crippen LogP contribution in [-0.2, 0) is 24.2 Å². The van der Waals surface area contributed by atoms with Crippen LogP contribution in [0.2, 0.25) is 0 Å². The van der Waals surface area contributed by atoms with Gasteiger partial charge in [0.15, 0.2) is 5.13 Å². The van der Waals surface area contributed by atoms with Gasteiger partial charge in [0.05, 0.1) is 10.2 Å². The molecule has 0 spiro atoms. The Bertz CT molecular complexity index is 1290. The molecule has 0 radical (unpaired) electrons. The van der Waals surface area contributed by atoms with Gasteiger partial charge in [0.2, 0.25) is 5.91 Å². The molecule has 162 valence electrons. The molecular weight excluding hydrogens is 419 g/mol. The number of thiazole rings is 1. The summed E-state index contributed by atoms with van der Waals surface area (Å²) in [4.78, 5) is 43.5. The van der Waals surface area contributed by atoms with Gasteiger partial charge in [-0.1, -0.05) is 30.6 Å². The fourth-order valence-electron chi connectivity index (χ4n) is 4.81. The molecule has 2 aliphatic carbocycles. The highest BCUT2D eigenvalue weighted by atomic mass is 32.1. The number of halogens is 1. The first-order chi connectivity index (χ1) is 15.0. The van der Waals surface area contributed by atoms with Gasteiger partial charge in [-0.15, -0.1) is 0 Å². The van der Waals surface area contributed by atoms with Gasteiger partial charge in [-0.05, 0) is 50.3 Å². The molecule has 1 amide bonds. The number of anilines is 1. The first-order valence-electron chi connectivity index (χ1n) is 10.7. The third kappa shape index (κ3) is 3.71. The summed E-state index contributed by atoms with van der Waals surface area (Å²) >= 11 is 1.18. The van der Waals surface area contributed by atoms with Gasteiger partial charge in [0.1, 0.15) is 12.4 Å². The topological polar surface area (TPSA) is 86.0 Å². The van der Waals surface area contributed by atoms with Crippen molar-refractivity contribution < 1.29 is 9.18 Å². The highest BCUT2D eigenvalue weighted by Gasteiger charge is 2.28. The highest BCUT2D eigenvalue weighted by Crippen LogP contribution is 2.28. The molecule has 2 aliphatic rings. The van der Waals surface area contributed by atoms with Crippen molar-refractivity contribution in [3.63, 3.8) is 0 Å². The van der Waals surface area contributed by atoms with Crippen LogP contribution >= 0.6 is 11.3 Å². The number of nitrogens with one attached hydrogen (secondary N) is 1. The Balaban J connectivity index is 1.46. The van der Waals surface area contributed by atoms with Crippen LogP contribution in [0.1, 0.15) is 55.8 Å². The van der Waals surface area contributed by atoms with E-state index < -0.39 is 0 Å². The lowest BCUT2D eigenvalue weighted by Crippen LogP contribution is -2.46. The molecular formula is C22H23FN4O3S. The Morgan fingerprint density at radius 2 is 1.97 bits per heavy atom. The minimum Gasteiger partial charge on any atom is -0.300 e. The Morgan fingerprint density at radius 1 is 1.16 bits per heavy atom. The lowest BCUT2D eigenvalue weighted by Gasteiger charge is -2.25. The van der Waals surface area contributed by atoms with Crippen LogP contribution in [0, 0.1) is 5.82 Å². The van der Waals surface area contributed by atoms with Crippen LogP contribution < -0.4 is 16.6 Å². The van der Waals surface area contributed by atoms with Gasteiger partial charge in [-0.3, -0.25) is 18.7 Å². The van der Waals surface area contributed by atoms with E-state index in [0.717, 1.165) is 38.5 Å². The van der Waals surface area contributed by atoms with Crippen LogP contribution in [-0.4, -0.2) is 20.0 Å². The summed E-state index contributed by atoms with van der Waals surface area (Å²) in [5.41, 5.74) is 1.40. The molecule has 0 saturated heterocycles. The monoisotopic (exact) mass is 442 g/mol. The maximum absolute atomic E-state index is 13.4. The lowest BCUT2D eigenvalue weighted by atomic mass is 9.95. The van der Waals surface area contributed by atoms with Crippen molar-refractivity contribution in [2.24, 2.45) is 0 Å². The first-order valence-corrected chi connectivity index (χ1v) is 11.6. The zero-order chi connectivity index (χ0) is 21.5. The summed E-state index contributed by atoms with van der Waals surface area (Å²) in [6, 6.07) is 4.17. The average Bonchev–Trinajstić information content (AvgIpc) is 3.38. The van der Waals surface area contributed by atoms with Crippen LogP contribution in [0.3, 0.4) is 0 Å². The second kappa shape index (κ2) is 8.03. The van der Waals surface area contributed by atoms with Gasteiger partial charge in [0, 0.05) is 17.3 Å². The average molecular weight is 443 g/mol. The number of rotatable bonds is 4. The number of nitrogens with zero attached hydrogens (tertiary/aromatic N) is 3. The Kier molecular flexibility index (Phi) is 5.21. The van der Waals surface area contributed by atoms with Crippen LogP contribution in [0.15, 0.2) is 27.8 Å². The predicted molar refractivity (Wildman–Crippen MR) is 117 cm³/mol. The number of carbonyl (C=O) groups is 1. The second-order valence-electron chi connectivity index (χ2n) is 8.29. The van der Waals surface area contributed by atoms with Crippen molar-refractivity contribution >= 4 is 32.6 Å². The van der Waals surface area contributed by atoms with Gasteiger partial charge in [-0.2, -0.15) is 0 Å². The van der Waals surface area contributed by atoms with Crippen molar-refractivity contribution in [3.8, 4) is 0 Å². The van der Waals surface area contributed by atoms with E-state index in [1.165, 1.54) is 32.6 Å². The van der Waals surface area contributed by atoms with E-state index in [1.54, 1.807) is 6.07 Å². The minimum atomic E-state index is -0.390. The molecule has 7 nitrogen and oxygen atoms in total. The van der Waals surface area contributed by atoms with Crippen molar-refractivity contribution in [1.29, 1.82) is 0 Å². The number of hydrogen-bond donors (Lipinski definition) is 1. The number of fused-ring (bicyclic) bond motifs is 2. The third-order valence-electron chi connectivity index (χ3n) is 6.27. The fourth-order valence-corrected chi connectivity index (χ4v) is 5.72. The summed E-state index contributed by atoms with van der Waals surface area (Å²) < 4.78 is 16.9. The van der Waals surface area contributed by atoms with E-state index >= 15 is 0 Å². The lowest BCUT2D eigenvalue weighted by molar-refractivity contribution is -0.116. The molecule has 2 heterocycles. The van der Waals surface area contributed by atoms with Crippen LogP contribution in [0.25, 0.3) is 10.2 Å². The first kappa shape index (κ1) is 20.1.